The molecule has 0 aliphatic carbocycles. The number of carbonyl (C=O) groups excluding carboxylic acids is 3. The van der Waals surface area contributed by atoms with Gasteiger partial charge in [0.2, 0.25) is 11.8 Å². The standard InChI is InChI=1S/C28H38N6O11/c35-22-3-4-23(36)34(22)6-2-1-5-29-27(43)18-11-19-14-31(16-25(39)40)7-9-33(21(28(44)45)13-24(37)38)10-8-32(17-26(41)42)15-20(12-18)30-19/h11-12,21H,1-10,13-17H2,(H,29,43)(H,37,38)(H,39,40)(H,41,42)(H,44,45). The van der Waals surface area contributed by atoms with Gasteiger partial charge in [-0.05, 0) is 25.0 Å². The lowest BCUT2D eigenvalue weighted by Crippen LogP contribution is -2.49. The second-order valence-electron chi connectivity index (χ2n) is 10.9. The first-order chi connectivity index (χ1) is 21.3. The zero-order valence-corrected chi connectivity index (χ0v) is 24.7. The largest absolute Gasteiger partial charge is 0.481 e. The van der Waals surface area contributed by atoms with Crippen LogP contribution in [0.5, 0.6) is 0 Å². The molecule has 1 aromatic heterocycles. The average Bonchev–Trinajstić information content (AvgIpc) is 3.26. The number of rotatable bonds is 14. The van der Waals surface area contributed by atoms with Crippen LogP contribution in [0.4, 0.5) is 0 Å². The minimum absolute atomic E-state index is 0.0179. The predicted octanol–water partition coefficient (Wildman–Crippen LogP) is -1.24. The maximum absolute atomic E-state index is 13.1. The van der Waals surface area contributed by atoms with E-state index in [4.69, 9.17) is 0 Å². The Balaban J connectivity index is 1.80. The van der Waals surface area contributed by atoms with Gasteiger partial charge in [0.1, 0.15) is 6.04 Å². The second kappa shape index (κ2) is 16.6. The number of nitrogens with one attached hydrogen (secondary N) is 1. The molecule has 0 aromatic carbocycles. The van der Waals surface area contributed by atoms with Gasteiger partial charge in [-0.2, -0.15) is 0 Å². The van der Waals surface area contributed by atoms with Crippen molar-refractivity contribution in [3.63, 3.8) is 0 Å². The number of carbonyl (C=O) groups is 7. The molecule has 3 rings (SSSR count). The summed E-state index contributed by atoms with van der Waals surface area (Å²) in [5.41, 5.74) is 0.872. The van der Waals surface area contributed by atoms with Crippen molar-refractivity contribution < 1.29 is 54.0 Å². The van der Waals surface area contributed by atoms with Crippen LogP contribution in [0.15, 0.2) is 12.1 Å². The lowest BCUT2D eigenvalue weighted by atomic mass is 10.1. The molecular formula is C28H38N6O11. The van der Waals surface area contributed by atoms with Crippen LogP contribution >= 0.6 is 0 Å². The van der Waals surface area contributed by atoms with Crippen LogP contribution in [0.2, 0.25) is 0 Å². The summed E-state index contributed by atoms with van der Waals surface area (Å²) < 4.78 is 0. The summed E-state index contributed by atoms with van der Waals surface area (Å²) in [6, 6.07) is 1.56. The van der Waals surface area contributed by atoms with Crippen molar-refractivity contribution >= 4 is 41.6 Å². The fraction of sp³-hybridized carbons (Fsp3) is 0.571. The lowest BCUT2D eigenvalue weighted by molar-refractivity contribution is -0.150. The number of unbranched alkanes of at least 4 members (excludes halogenated alkanes) is 1. The quantitative estimate of drug-likeness (QED) is 0.119. The third-order valence-corrected chi connectivity index (χ3v) is 7.43. The van der Waals surface area contributed by atoms with Gasteiger partial charge in [-0.1, -0.05) is 0 Å². The molecule has 1 aromatic rings. The van der Waals surface area contributed by atoms with Crippen LogP contribution in [0, 0.1) is 0 Å². The zero-order valence-electron chi connectivity index (χ0n) is 24.7. The highest BCUT2D eigenvalue weighted by Gasteiger charge is 2.30. The molecule has 2 aliphatic heterocycles. The van der Waals surface area contributed by atoms with Gasteiger partial charge in [0, 0.05) is 70.8 Å². The summed E-state index contributed by atoms with van der Waals surface area (Å²) in [5.74, 6) is -5.88. The van der Waals surface area contributed by atoms with Gasteiger partial charge in [-0.3, -0.25) is 58.1 Å². The molecule has 2 bridgehead atoms. The molecule has 0 radical (unpaired) electrons. The molecule has 5 N–H and O–H groups in total. The Kier molecular flexibility index (Phi) is 12.9. The first kappa shape index (κ1) is 35.0. The summed E-state index contributed by atoms with van der Waals surface area (Å²) in [5, 5.41) is 40.8. The third-order valence-electron chi connectivity index (χ3n) is 7.43. The summed E-state index contributed by atoms with van der Waals surface area (Å²) in [6.45, 7) is -0.444. The Hall–Kier alpha value is -4.48. The highest BCUT2D eigenvalue weighted by molar-refractivity contribution is 6.01. The molecule has 45 heavy (non-hydrogen) atoms. The third kappa shape index (κ3) is 11.2. The van der Waals surface area contributed by atoms with E-state index >= 15 is 0 Å². The zero-order chi connectivity index (χ0) is 33.1. The van der Waals surface area contributed by atoms with E-state index < -0.39 is 55.3 Å². The first-order valence-electron chi connectivity index (χ1n) is 14.5. The summed E-state index contributed by atoms with van der Waals surface area (Å²) >= 11 is 0. The fourth-order valence-corrected chi connectivity index (χ4v) is 5.28. The summed E-state index contributed by atoms with van der Waals surface area (Å²) in [6.07, 6.45) is 0.720. The first-order valence-corrected chi connectivity index (χ1v) is 14.5. The van der Waals surface area contributed by atoms with Gasteiger partial charge >= 0.3 is 23.9 Å². The van der Waals surface area contributed by atoms with Crippen LogP contribution in [0.1, 0.15) is 53.8 Å². The number of hydrogen-bond acceptors (Lipinski definition) is 11. The number of aliphatic carboxylic acids is 4. The minimum Gasteiger partial charge on any atom is -0.481 e. The van der Waals surface area contributed by atoms with Gasteiger partial charge in [0.05, 0.1) is 30.9 Å². The molecule has 3 heterocycles. The van der Waals surface area contributed by atoms with Crippen molar-refractivity contribution in [3.8, 4) is 0 Å². The Labute approximate surface area is 258 Å². The van der Waals surface area contributed by atoms with Gasteiger partial charge < -0.3 is 25.7 Å². The monoisotopic (exact) mass is 634 g/mol. The van der Waals surface area contributed by atoms with Gasteiger partial charge in [-0.15, -0.1) is 0 Å². The molecule has 0 spiro atoms. The smallest absolute Gasteiger partial charge is 0.321 e. The second-order valence-corrected chi connectivity index (χ2v) is 10.9. The number of amides is 3. The molecule has 17 heteroatoms. The maximum atomic E-state index is 13.1. The molecule has 246 valence electrons. The van der Waals surface area contributed by atoms with Crippen molar-refractivity contribution in [3.05, 3.63) is 29.1 Å². The van der Waals surface area contributed by atoms with Crippen molar-refractivity contribution in [2.45, 2.75) is 51.2 Å². The van der Waals surface area contributed by atoms with E-state index in [1.165, 1.54) is 31.7 Å². The average molecular weight is 635 g/mol. The normalized spacial score (nSPS) is 17.7. The molecule has 1 unspecified atom stereocenters. The number of hydrogen-bond donors (Lipinski definition) is 5. The van der Waals surface area contributed by atoms with Crippen LogP contribution in [-0.4, -0.2) is 145 Å². The van der Waals surface area contributed by atoms with E-state index in [2.05, 4.69) is 10.3 Å². The van der Waals surface area contributed by atoms with Crippen molar-refractivity contribution in [2.75, 3.05) is 52.4 Å². The minimum atomic E-state index is -1.42. The topological polar surface area (TPSA) is 238 Å². The van der Waals surface area contributed by atoms with E-state index in [9.17, 15) is 54.0 Å². The van der Waals surface area contributed by atoms with Crippen molar-refractivity contribution in [1.82, 2.24) is 29.9 Å². The maximum Gasteiger partial charge on any atom is 0.321 e. The number of carboxylic acids is 4. The van der Waals surface area contributed by atoms with E-state index in [0.717, 1.165) is 0 Å². The number of imide groups is 1. The molecule has 1 fully saturated rings. The number of carboxylic acid groups (broad SMARTS) is 4. The molecule has 0 saturated carbocycles. The fourth-order valence-electron chi connectivity index (χ4n) is 5.28. The molecule has 17 nitrogen and oxygen atoms in total. The van der Waals surface area contributed by atoms with Crippen molar-refractivity contribution in [1.29, 1.82) is 0 Å². The van der Waals surface area contributed by atoms with Crippen LogP contribution < -0.4 is 5.32 Å². The lowest BCUT2D eigenvalue weighted by Gasteiger charge is -2.33. The number of pyridine rings is 1. The Morgan fingerprint density at radius 3 is 1.78 bits per heavy atom. The number of fused-ring (bicyclic) bond motifs is 2. The Morgan fingerprint density at radius 2 is 1.31 bits per heavy atom. The molecule has 3 amide bonds. The Bertz CT molecular complexity index is 1240. The van der Waals surface area contributed by atoms with Gasteiger partial charge in [0.25, 0.3) is 5.91 Å². The molecule has 2 aliphatic rings. The van der Waals surface area contributed by atoms with E-state index in [1.54, 1.807) is 0 Å². The van der Waals surface area contributed by atoms with Crippen LogP contribution in [0.25, 0.3) is 0 Å². The van der Waals surface area contributed by atoms with E-state index in [0.29, 0.717) is 24.2 Å². The summed E-state index contributed by atoms with van der Waals surface area (Å²) in [7, 11) is 0. The number of nitrogens with zero attached hydrogens (tertiary/aromatic N) is 5. The van der Waals surface area contributed by atoms with Gasteiger partial charge in [0.15, 0.2) is 0 Å². The highest BCUT2D eigenvalue weighted by atomic mass is 16.4. The SMILES string of the molecule is O=C(O)CC(C(=O)O)N1CCN(CC(=O)O)Cc2cc(C(=O)NCCCCN3C(=O)CCC3=O)cc(n2)CN(CC(=O)O)CC1. The predicted molar refractivity (Wildman–Crippen MR) is 153 cm³/mol. The molecular weight excluding hydrogens is 596 g/mol. The molecule has 1 saturated heterocycles. The van der Waals surface area contributed by atoms with E-state index in [-0.39, 0.29) is 82.6 Å². The van der Waals surface area contributed by atoms with Crippen molar-refractivity contribution in [2.24, 2.45) is 0 Å². The van der Waals surface area contributed by atoms with Gasteiger partial charge in [-0.25, -0.2) is 0 Å². The molecule has 1 atom stereocenters. The number of likely N-dealkylation sites (tertiary alicyclic amines) is 1. The van der Waals surface area contributed by atoms with E-state index in [1.807, 2.05) is 0 Å². The van der Waals surface area contributed by atoms with Crippen LogP contribution in [-0.2, 0) is 41.9 Å². The number of aromatic nitrogens is 1. The Morgan fingerprint density at radius 1 is 0.778 bits per heavy atom. The summed E-state index contributed by atoms with van der Waals surface area (Å²) in [4.78, 5) is 93.4. The highest BCUT2D eigenvalue weighted by Crippen LogP contribution is 2.16. The van der Waals surface area contributed by atoms with Crippen LogP contribution in [0.3, 0.4) is 0 Å².